The van der Waals surface area contributed by atoms with Crippen LogP contribution >= 0.6 is 11.8 Å². The third kappa shape index (κ3) is 3.96. The topological polar surface area (TPSA) is 76.3 Å². The van der Waals surface area contributed by atoms with Gasteiger partial charge in [-0.1, -0.05) is 57.7 Å². The van der Waals surface area contributed by atoms with Crippen molar-refractivity contribution >= 4 is 16.9 Å². The molecule has 2 saturated heterocycles. The van der Waals surface area contributed by atoms with Crippen LogP contribution in [0.3, 0.4) is 0 Å². The Morgan fingerprint density at radius 1 is 1.09 bits per heavy atom. The third-order valence-corrected chi connectivity index (χ3v) is 5.91. The molecule has 0 aromatic rings. The summed E-state index contributed by atoms with van der Waals surface area (Å²) in [5, 5.41) is 31.0. The highest BCUT2D eigenvalue weighted by molar-refractivity contribution is 8.14. The van der Waals surface area contributed by atoms with Gasteiger partial charge in [0.05, 0.1) is 6.10 Å². The summed E-state index contributed by atoms with van der Waals surface area (Å²) >= 11 is 1.62. The van der Waals surface area contributed by atoms with Gasteiger partial charge in [0, 0.05) is 24.3 Å². The molecule has 0 aromatic heterocycles. The van der Waals surface area contributed by atoms with E-state index in [9.17, 15) is 15.3 Å². The number of amidine groups is 1. The van der Waals surface area contributed by atoms with E-state index < -0.39 is 18.4 Å². The molecule has 2 heterocycles. The zero-order valence-electron chi connectivity index (χ0n) is 13.7. The van der Waals surface area contributed by atoms with Crippen LogP contribution in [0.4, 0.5) is 0 Å². The number of thioether (sulfide) groups is 1. The Morgan fingerprint density at radius 2 is 1.77 bits per heavy atom. The normalized spacial score (nSPS) is 36.9. The summed E-state index contributed by atoms with van der Waals surface area (Å²) in [5.74, 6) is 0.754. The fourth-order valence-corrected chi connectivity index (χ4v) is 4.60. The minimum Gasteiger partial charge on any atom is -0.390 e. The van der Waals surface area contributed by atoms with E-state index in [2.05, 4.69) is 11.9 Å². The van der Waals surface area contributed by atoms with Gasteiger partial charge >= 0.3 is 0 Å². The Hall–Kier alpha value is -0.300. The van der Waals surface area contributed by atoms with Gasteiger partial charge in [0.2, 0.25) is 0 Å². The van der Waals surface area contributed by atoms with Gasteiger partial charge < -0.3 is 20.2 Å². The van der Waals surface area contributed by atoms with Gasteiger partial charge in [-0.2, -0.15) is 0 Å². The molecule has 0 aromatic carbocycles. The SMILES string of the molecule is CCCCCCCCN=C1SC[C@@H]2[C@H](C)[C@H](O)[C@@H](O)[C@@H](O)N12. The molecule has 6 heteroatoms. The van der Waals surface area contributed by atoms with Gasteiger partial charge in [-0.05, 0) is 6.42 Å². The molecular formula is C16H30N2O3S. The third-order valence-electron chi connectivity index (χ3n) is 4.81. The molecule has 0 saturated carbocycles. The van der Waals surface area contributed by atoms with Crippen LogP contribution in [-0.4, -0.2) is 62.2 Å². The largest absolute Gasteiger partial charge is 0.390 e. The Morgan fingerprint density at radius 3 is 2.50 bits per heavy atom. The highest BCUT2D eigenvalue weighted by Crippen LogP contribution is 2.37. The molecule has 0 amide bonds. The minimum atomic E-state index is -1.12. The summed E-state index contributed by atoms with van der Waals surface area (Å²) in [6.07, 6.45) is 4.38. The van der Waals surface area contributed by atoms with Crippen molar-refractivity contribution in [3.8, 4) is 0 Å². The first-order valence-electron chi connectivity index (χ1n) is 8.57. The van der Waals surface area contributed by atoms with Gasteiger partial charge in [0.15, 0.2) is 11.4 Å². The fourth-order valence-electron chi connectivity index (χ4n) is 3.24. The zero-order chi connectivity index (χ0) is 16.1. The van der Waals surface area contributed by atoms with Gasteiger partial charge in [-0.15, -0.1) is 0 Å². The molecule has 0 radical (unpaired) electrons. The number of hydrogen-bond acceptors (Lipinski definition) is 5. The molecular weight excluding hydrogens is 300 g/mol. The first kappa shape index (κ1) is 18.0. The lowest BCUT2D eigenvalue weighted by Crippen LogP contribution is -2.62. The second kappa shape index (κ2) is 8.52. The number of rotatable bonds is 7. The van der Waals surface area contributed by atoms with Crippen molar-refractivity contribution in [2.75, 3.05) is 12.3 Å². The fraction of sp³-hybridized carbons (Fsp3) is 0.938. The summed E-state index contributed by atoms with van der Waals surface area (Å²) in [5.41, 5.74) is 0. The summed E-state index contributed by atoms with van der Waals surface area (Å²) < 4.78 is 0. The number of aliphatic imine (C=N–C) groups is 1. The first-order chi connectivity index (χ1) is 10.6. The lowest BCUT2D eigenvalue weighted by atomic mass is 9.87. The zero-order valence-corrected chi connectivity index (χ0v) is 14.5. The second-order valence-electron chi connectivity index (χ2n) is 6.47. The Bertz CT molecular complexity index is 380. The molecule has 2 fully saturated rings. The van der Waals surface area contributed by atoms with E-state index in [0.717, 1.165) is 23.9 Å². The number of piperidine rings is 1. The highest BCUT2D eigenvalue weighted by atomic mass is 32.2. The van der Waals surface area contributed by atoms with Crippen molar-refractivity contribution in [1.82, 2.24) is 4.90 Å². The lowest BCUT2D eigenvalue weighted by molar-refractivity contribution is -0.166. The first-order valence-corrected chi connectivity index (χ1v) is 9.56. The van der Waals surface area contributed by atoms with E-state index in [0.29, 0.717) is 0 Å². The molecule has 3 N–H and O–H groups in total. The van der Waals surface area contributed by atoms with Crippen LogP contribution in [0.25, 0.3) is 0 Å². The Labute approximate surface area is 137 Å². The number of nitrogens with zero attached hydrogens (tertiary/aromatic N) is 2. The smallest absolute Gasteiger partial charge is 0.161 e. The molecule has 2 rings (SSSR count). The second-order valence-corrected chi connectivity index (χ2v) is 7.46. The number of unbranched alkanes of at least 4 members (excludes halogenated alkanes) is 5. The van der Waals surface area contributed by atoms with E-state index in [1.807, 2.05) is 11.8 Å². The average Bonchev–Trinajstić information content (AvgIpc) is 2.94. The summed E-state index contributed by atoms with van der Waals surface area (Å²) in [7, 11) is 0. The van der Waals surface area contributed by atoms with Crippen molar-refractivity contribution < 1.29 is 15.3 Å². The van der Waals surface area contributed by atoms with Crippen molar-refractivity contribution in [1.29, 1.82) is 0 Å². The van der Waals surface area contributed by atoms with Crippen LogP contribution in [-0.2, 0) is 0 Å². The van der Waals surface area contributed by atoms with Gasteiger partial charge in [-0.3, -0.25) is 4.99 Å². The molecule has 128 valence electrons. The molecule has 0 unspecified atom stereocenters. The van der Waals surface area contributed by atoms with Crippen molar-refractivity contribution in [2.45, 2.75) is 76.9 Å². The van der Waals surface area contributed by atoms with Crippen LogP contribution in [0.5, 0.6) is 0 Å². The lowest BCUT2D eigenvalue weighted by Gasteiger charge is -2.45. The monoisotopic (exact) mass is 330 g/mol. The van der Waals surface area contributed by atoms with E-state index in [1.54, 1.807) is 11.8 Å². The maximum atomic E-state index is 10.2. The number of hydrogen-bond donors (Lipinski definition) is 3. The van der Waals surface area contributed by atoms with E-state index in [1.165, 1.54) is 32.1 Å². The molecule has 0 bridgehead atoms. The van der Waals surface area contributed by atoms with Crippen LogP contribution in [0.15, 0.2) is 4.99 Å². The van der Waals surface area contributed by atoms with E-state index in [-0.39, 0.29) is 12.0 Å². The molecule has 2 aliphatic heterocycles. The van der Waals surface area contributed by atoms with Gasteiger partial charge in [-0.25, -0.2) is 0 Å². The quantitative estimate of drug-likeness (QED) is 0.621. The van der Waals surface area contributed by atoms with Crippen molar-refractivity contribution in [3.63, 3.8) is 0 Å². The summed E-state index contributed by atoms with van der Waals surface area (Å²) in [6.45, 7) is 4.92. The van der Waals surface area contributed by atoms with Crippen LogP contribution in [0.2, 0.25) is 0 Å². The molecule has 5 nitrogen and oxygen atoms in total. The minimum absolute atomic E-state index is 0.0571. The summed E-state index contributed by atoms with van der Waals surface area (Å²) in [6, 6.07) is 0.0571. The van der Waals surface area contributed by atoms with E-state index in [4.69, 9.17) is 0 Å². The maximum absolute atomic E-state index is 10.2. The number of aliphatic hydroxyl groups excluding tert-OH is 3. The Kier molecular flexibility index (Phi) is 6.99. The molecule has 0 spiro atoms. The molecule has 2 aliphatic rings. The predicted octanol–water partition coefficient (Wildman–Crippen LogP) is 1.81. The van der Waals surface area contributed by atoms with Gasteiger partial charge in [0.25, 0.3) is 0 Å². The van der Waals surface area contributed by atoms with Crippen molar-refractivity contribution in [3.05, 3.63) is 0 Å². The van der Waals surface area contributed by atoms with Gasteiger partial charge in [0.1, 0.15) is 6.10 Å². The number of fused-ring (bicyclic) bond motifs is 1. The predicted molar refractivity (Wildman–Crippen MR) is 90.9 cm³/mol. The van der Waals surface area contributed by atoms with Crippen molar-refractivity contribution in [2.24, 2.45) is 10.9 Å². The molecule has 0 aliphatic carbocycles. The Balaban J connectivity index is 1.84. The van der Waals surface area contributed by atoms with Crippen LogP contribution < -0.4 is 0 Å². The van der Waals surface area contributed by atoms with E-state index >= 15 is 0 Å². The summed E-state index contributed by atoms with van der Waals surface area (Å²) in [4.78, 5) is 6.43. The van der Waals surface area contributed by atoms with Crippen LogP contribution in [0, 0.1) is 5.92 Å². The highest BCUT2D eigenvalue weighted by Gasteiger charge is 2.49. The molecule has 22 heavy (non-hydrogen) atoms. The number of aliphatic hydroxyl groups is 3. The van der Waals surface area contributed by atoms with Crippen LogP contribution in [0.1, 0.15) is 52.4 Å². The average molecular weight is 330 g/mol. The standard InChI is InChI=1S/C16H30N2O3S/c1-3-4-5-6-7-8-9-17-16-18-12(10-22-16)11(2)13(19)14(20)15(18)21/h11-15,19-21H,3-10H2,1-2H3/t11-,12+,13-,14+,15+/m0/s1. The molecule has 5 atom stereocenters. The maximum Gasteiger partial charge on any atom is 0.161 e.